The Kier molecular flexibility index (Phi) is 3.09. The molecular formula is C8H13N2O+. The first kappa shape index (κ1) is 8.25. The van der Waals surface area contributed by atoms with E-state index in [1.165, 1.54) is 4.90 Å². The molecule has 0 unspecified atom stereocenters. The first-order valence-electron chi connectivity index (χ1n) is 3.82. The molecule has 0 amide bonds. The molecule has 0 atom stereocenters. The largest absolute Gasteiger partial charge is 0.370 e. The van der Waals surface area contributed by atoms with Gasteiger partial charge in [-0.2, -0.15) is 5.26 Å². The summed E-state index contributed by atoms with van der Waals surface area (Å²) in [5.41, 5.74) is 0.668. The molecule has 0 aromatic carbocycles. The second-order valence-corrected chi connectivity index (χ2v) is 2.75. The van der Waals surface area contributed by atoms with Gasteiger partial charge in [0.05, 0.1) is 24.9 Å². The van der Waals surface area contributed by atoms with Crippen molar-refractivity contribution in [1.82, 2.24) is 0 Å². The molecule has 1 rings (SSSR count). The molecule has 1 N–H and O–H groups in total. The summed E-state index contributed by atoms with van der Waals surface area (Å²) < 4.78 is 5.18. The zero-order chi connectivity index (χ0) is 8.10. The van der Waals surface area contributed by atoms with Gasteiger partial charge in [-0.05, 0) is 0 Å². The van der Waals surface area contributed by atoms with E-state index in [-0.39, 0.29) is 0 Å². The van der Waals surface area contributed by atoms with Gasteiger partial charge in [0.25, 0.3) is 0 Å². The van der Waals surface area contributed by atoms with Gasteiger partial charge < -0.3 is 9.64 Å². The van der Waals surface area contributed by atoms with Crippen molar-refractivity contribution in [2.75, 3.05) is 32.8 Å². The molecule has 3 nitrogen and oxygen atoms in total. The van der Waals surface area contributed by atoms with Crippen LogP contribution in [0.5, 0.6) is 0 Å². The smallest absolute Gasteiger partial charge is 0.112 e. The molecular weight excluding hydrogens is 140 g/mol. The number of ether oxygens (including phenoxy) is 1. The van der Waals surface area contributed by atoms with Crippen LogP contribution in [0.15, 0.2) is 12.2 Å². The second-order valence-electron chi connectivity index (χ2n) is 2.75. The lowest BCUT2D eigenvalue weighted by Gasteiger charge is -2.22. The van der Waals surface area contributed by atoms with Crippen molar-refractivity contribution in [2.24, 2.45) is 0 Å². The topological polar surface area (TPSA) is 37.5 Å². The lowest BCUT2D eigenvalue weighted by Crippen LogP contribution is -3.14. The van der Waals surface area contributed by atoms with E-state index in [2.05, 4.69) is 12.6 Å². The van der Waals surface area contributed by atoms with Crippen molar-refractivity contribution < 1.29 is 9.64 Å². The molecule has 0 aromatic rings. The van der Waals surface area contributed by atoms with Crippen molar-refractivity contribution >= 4 is 0 Å². The van der Waals surface area contributed by atoms with Crippen molar-refractivity contribution in [1.29, 1.82) is 5.26 Å². The van der Waals surface area contributed by atoms with Crippen LogP contribution in [0.1, 0.15) is 0 Å². The van der Waals surface area contributed by atoms with E-state index >= 15 is 0 Å². The van der Waals surface area contributed by atoms with E-state index < -0.39 is 0 Å². The highest BCUT2D eigenvalue weighted by Crippen LogP contribution is 1.81. The Balaban J connectivity index is 2.25. The third-order valence-corrected chi connectivity index (χ3v) is 1.82. The maximum atomic E-state index is 8.47. The lowest BCUT2D eigenvalue weighted by atomic mass is 10.3. The quantitative estimate of drug-likeness (QED) is 0.516. The van der Waals surface area contributed by atoms with E-state index in [4.69, 9.17) is 10.00 Å². The molecule has 1 aliphatic heterocycles. The minimum Gasteiger partial charge on any atom is -0.370 e. The summed E-state index contributed by atoms with van der Waals surface area (Å²) in [6.45, 7) is 8.05. The first-order chi connectivity index (χ1) is 5.33. The fraction of sp³-hybridized carbons (Fsp3) is 0.625. The number of nitrogens with one attached hydrogen (secondary N) is 1. The number of nitriles is 1. The number of quaternary nitrogens is 1. The Hall–Kier alpha value is -0.850. The van der Waals surface area contributed by atoms with Gasteiger partial charge in [0, 0.05) is 0 Å². The summed E-state index contributed by atoms with van der Waals surface area (Å²) in [6.07, 6.45) is 0. The van der Waals surface area contributed by atoms with Crippen LogP contribution in [-0.2, 0) is 4.74 Å². The monoisotopic (exact) mass is 153 g/mol. The number of hydrogen-bond donors (Lipinski definition) is 1. The zero-order valence-corrected chi connectivity index (χ0v) is 6.60. The maximum absolute atomic E-state index is 8.47. The standard InChI is InChI=1S/C8H12N2O/c1-8(6-9)7-10-2-4-11-5-3-10/h1-5,7H2/p+1. The van der Waals surface area contributed by atoms with Gasteiger partial charge in [0.15, 0.2) is 0 Å². The predicted octanol–water partition coefficient (Wildman–Crippen LogP) is -1.02. The van der Waals surface area contributed by atoms with Crippen molar-refractivity contribution in [3.05, 3.63) is 12.2 Å². The average Bonchev–Trinajstić information content (AvgIpc) is 2.06. The third kappa shape index (κ3) is 2.71. The van der Waals surface area contributed by atoms with E-state index in [0.29, 0.717) is 5.57 Å². The number of rotatable bonds is 2. The van der Waals surface area contributed by atoms with Crippen LogP contribution >= 0.6 is 0 Å². The summed E-state index contributed by atoms with van der Waals surface area (Å²) in [6, 6.07) is 2.06. The fourth-order valence-corrected chi connectivity index (χ4v) is 1.18. The molecule has 1 heterocycles. The highest BCUT2D eigenvalue weighted by atomic mass is 16.5. The Morgan fingerprint density at radius 3 is 2.73 bits per heavy atom. The molecule has 0 radical (unpaired) electrons. The van der Waals surface area contributed by atoms with Crippen molar-refractivity contribution in [2.45, 2.75) is 0 Å². The minimum atomic E-state index is 0.668. The number of nitrogens with zero attached hydrogens (tertiary/aromatic N) is 1. The molecule has 11 heavy (non-hydrogen) atoms. The first-order valence-corrected chi connectivity index (χ1v) is 3.82. The predicted molar refractivity (Wildman–Crippen MR) is 41.1 cm³/mol. The van der Waals surface area contributed by atoms with Crippen LogP contribution in [0, 0.1) is 11.3 Å². The van der Waals surface area contributed by atoms with Crippen LogP contribution in [0.25, 0.3) is 0 Å². The van der Waals surface area contributed by atoms with E-state index in [9.17, 15) is 0 Å². The number of hydrogen-bond acceptors (Lipinski definition) is 2. The molecule has 0 saturated carbocycles. The molecule has 0 spiro atoms. The normalized spacial score (nSPS) is 19.2. The van der Waals surface area contributed by atoms with E-state index in [0.717, 1.165) is 32.8 Å². The van der Waals surface area contributed by atoms with Gasteiger partial charge in [-0.25, -0.2) is 0 Å². The Morgan fingerprint density at radius 1 is 1.55 bits per heavy atom. The Morgan fingerprint density at radius 2 is 2.18 bits per heavy atom. The van der Waals surface area contributed by atoms with Crippen LogP contribution in [-0.4, -0.2) is 32.8 Å². The molecule has 60 valence electrons. The van der Waals surface area contributed by atoms with Crippen LogP contribution < -0.4 is 4.90 Å². The summed E-state index contributed by atoms with van der Waals surface area (Å²) in [5.74, 6) is 0. The second kappa shape index (κ2) is 4.12. The molecule has 0 aromatic heterocycles. The molecule has 0 bridgehead atoms. The minimum absolute atomic E-state index is 0.668. The van der Waals surface area contributed by atoms with Gasteiger partial charge in [0.1, 0.15) is 19.6 Å². The van der Waals surface area contributed by atoms with Crippen molar-refractivity contribution in [3.63, 3.8) is 0 Å². The molecule has 1 fully saturated rings. The summed E-state index contributed by atoms with van der Waals surface area (Å²) >= 11 is 0. The van der Waals surface area contributed by atoms with Gasteiger partial charge in [-0.3, -0.25) is 0 Å². The highest BCUT2D eigenvalue weighted by Gasteiger charge is 2.13. The summed E-state index contributed by atoms with van der Waals surface area (Å²) in [7, 11) is 0. The summed E-state index contributed by atoms with van der Waals surface area (Å²) in [4.78, 5) is 1.41. The SMILES string of the molecule is C=C(C#N)C[NH+]1CCOCC1. The molecule has 3 heteroatoms. The lowest BCUT2D eigenvalue weighted by molar-refractivity contribution is -0.903. The molecule has 1 saturated heterocycles. The van der Waals surface area contributed by atoms with Gasteiger partial charge in [0.2, 0.25) is 0 Å². The zero-order valence-electron chi connectivity index (χ0n) is 6.60. The van der Waals surface area contributed by atoms with E-state index in [1.54, 1.807) is 0 Å². The highest BCUT2D eigenvalue weighted by molar-refractivity contribution is 5.15. The van der Waals surface area contributed by atoms with Crippen molar-refractivity contribution in [3.8, 4) is 6.07 Å². The summed E-state index contributed by atoms with van der Waals surface area (Å²) in [5, 5.41) is 8.47. The Labute approximate surface area is 66.9 Å². The third-order valence-electron chi connectivity index (χ3n) is 1.82. The maximum Gasteiger partial charge on any atom is 0.112 e. The van der Waals surface area contributed by atoms with Gasteiger partial charge in [-0.15, -0.1) is 0 Å². The van der Waals surface area contributed by atoms with Gasteiger partial charge >= 0.3 is 0 Å². The van der Waals surface area contributed by atoms with Crippen LogP contribution in [0.3, 0.4) is 0 Å². The van der Waals surface area contributed by atoms with Gasteiger partial charge in [-0.1, -0.05) is 6.58 Å². The number of morpholine rings is 1. The van der Waals surface area contributed by atoms with Crippen LogP contribution in [0.2, 0.25) is 0 Å². The molecule has 1 aliphatic rings. The average molecular weight is 153 g/mol. The van der Waals surface area contributed by atoms with E-state index in [1.807, 2.05) is 0 Å². The fourth-order valence-electron chi connectivity index (χ4n) is 1.18. The molecule has 0 aliphatic carbocycles. The van der Waals surface area contributed by atoms with Crippen LogP contribution in [0.4, 0.5) is 0 Å². The Bertz CT molecular complexity index is 177.